The lowest BCUT2D eigenvalue weighted by Crippen LogP contribution is -2.23. The first-order valence-electron chi connectivity index (χ1n) is 10.2. The van der Waals surface area contributed by atoms with Crippen LogP contribution >= 0.6 is 11.3 Å². The van der Waals surface area contributed by atoms with Gasteiger partial charge in [-0.05, 0) is 36.2 Å². The summed E-state index contributed by atoms with van der Waals surface area (Å²) in [4.78, 5) is 29.7. The lowest BCUT2D eigenvalue weighted by atomic mass is 10.1. The summed E-state index contributed by atoms with van der Waals surface area (Å²) in [6.45, 7) is 3.56. The van der Waals surface area contributed by atoms with Crippen LogP contribution in [0.1, 0.15) is 31.5 Å². The van der Waals surface area contributed by atoms with Crippen LogP contribution in [0.25, 0.3) is 11.0 Å². The van der Waals surface area contributed by atoms with E-state index >= 15 is 0 Å². The van der Waals surface area contributed by atoms with E-state index in [1.54, 1.807) is 23.6 Å². The van der Waals surface area contributed by atoms with Gasteiger partial charge in [-0.25, -0.2) is 14.2 Å². The minimum atomic E-state index is -0.504. The topological polar surface area (TPSA) is 72.6 Å². The zero-order chi connectivity index (χ0) is 22.7. The molecule has 0 N–H and O–H groups in total. The molecule has 2 aromatic heterocycles. The van der Waals surface area contributed by atoms with Gasteiger partial charge >= 0.3 is 5.63 Å². The standard InChI is InChI=1S/C24H21FN2O4S/c1-3-6-16-11-23(29)31-22-12-18(9-10-19(16)22)30-13-17-14-32-24(26-17)27(15(2)28)21-8-5-4-7-20(21)25/h4-5,7-12,14H,3,6,13H2,1-2H3. The summed E-state index contributed by atoms with van der Waals surface area (Å²) in [5.41, 5.74) is 1.77. The van der Waals surface area contributed by atoms with Crippen LogP contribution in [-0.4, -0.2) is 10.9 Å². The summed E-state index contributed by atoms with van der Waals surface area (Å²) >= 11 is 1.22. The fourth-order valence-corrected chi connectivity index (χ4v) is 4.30. The quantitative estimate of drug-likeness (QED) is 0.341. The van der Waals surface area contributed by atoms with Crippen molar-refractivity contribution in [3.05, 3.63) is 81.4 Å². The molecule has 0 aliphatic rings. The number of hydrogen-bond donors (Lipinski definition) is 0. The smallest absolute Gasteiger partial charge is 0.336 e. The first-order valence-corrected chi connectivity index (χ1v) is 11.0. The third kappa shape index (κ3) is 4.55. The molecule has 0 aliphatic carbocycles. The van der Waals surface area contributed by atoms with Gasteiger partial charge in [0.1, 0.15) is 23.8 Å². The van der Waals surface area contributed by atoms with Gasteiger partial charge in [-0.1, -0.05) is 25.5 Å². The normalized spacial score (nSPS) is 11.0. The number of carbonyl (C=O) groups excluding carboxylic acids is 1. The molecule has 0 saturated heterocycles. The molecule has 2 heterocycles. The Kier molecular flexibility index (Phi) is 6.32. The maximum absolute atomic E-state index is 14.2. The number of rotatable bonds is 7. The van der Waals surface area contributed by atoms with Crippen LogP contribution in [0.15, 0.2) is 63.1 Å². The highest BCUT2D eigenvalue weighted by atomic mass is 32.1. The number of aromatic nitrogens is 1. The Morgan fingerprint density at radius 1 is 1.22 bits per heavy atom. The van der Waals surface area contributed by atoms with Gasteiger partial charge in [0.15, 0.2) is 5.13 Å². The van der Waals surface area contributed by atoms with Crippen molar-refractivity contribution in [2.45, 2.75) is 33.3 Å². The Balaban J connectivity index is 1.54. The molecule has 4 aromatic rings. The van der Waals surface area contributed by atoms with Crippen LogP contribution in [0.5, 0.6) is 5.75 Å². The molecule has 0 radical (unpaired) electrons. The second kappa shape index (κ2) is 9.32. The molecular weight excluding hydrogens is 431 g/mol. The highest BCUT2D eigenvalue weighted by molar-refractivity contribution is 7.14. The summed E-state index contributed by atoms with van der Waals surface area (Å²) in [7, 11) is 0. The molecule has 0 atom stereocenters. The summed E-state index contributed by atoms with van der Waals surface area (Å²) in [6.07, 6.45) is 1.71. The second-order valence-electron chi connectivity index (χ2n) is 7.21. The van der Waals surface area contributed by atoms with E-state index < -0.39 is 5.82 Å². The van der Waals surface area contributed by atoms with Gasteiger partial charge in [-0.2, -0.15) is 0 Å². The zero-order valence-electron chi connectivity index (χ0n) is 17.6. The van der Waals surface area contributed by atoms with Crippen LogP contribution in [0.3, 0.4) is 0 Å². The van der Waals surface area contributed by atoms with Crippen molar-refractivity contribution in [1.82, 2.24) is 4.98 Å². The van der Waals surface area contributed by atoms with Crippen LogP contribution < -0.4 is 15.3 Å². The molecule has 0 spiro atoms. The van der Waals surface area contributed by atoms with Crippen LogP contribution in [0, 0.1) is 5.82 Å². The average Bonchev–Trinajstić information content (AvgIpc) is 3.22. The molecule has 2 aromatic carbocycles. The zero-order valence-corrected chi connectivity index (χ0v) is 18.4. The Morgan fingerprint density at radius 3 is 2.78 bits per heavy atom. The number of hydrogen-bond acceptors (Lipinski definition) is 6. The molecule has 1 amide bonds. The van der Waals surface area contributed by atoms with Crippen molar-refractivity contribution in [2.24, 2.45) is 0 Å². The number of para-hydroxylation sites is 1. The predicted octanol–water partition coefficient (Wildman–Crippen LogP) is 5.60. The first-order chi connectivity index (χ1) is 15.5. The number of aryl methyl sites for hydroxylation is 1. The molecule has 0 aliphatic heterocycles. The Labute approximate surface area is 187 Å². The van der Waals surface area contributed by atoms with Crippen molar-refractivity contribution >= 4 is 39.0 Å². The van der Waals surface area contributed by atoms with E-state index in [1.807, 2.05) is 12.1 Å². The molecule has 164 valence electrons. The molecule has 0 bridgehead atoms. The van der Waals surface area contributed by atoms with Gasteiger partial charge in [0, 0.05) is 29.8 Å². The summed E-state index contributed by atoms with van der Waals surface area (Å²) in [5.74, 6) is -0.318. The highest BCUT2D eigenvalue weighted by Crippen LogP contribution is 2.31. The van der Waals surface area contributed by atoms with Gasteiger partial charge in [0.25, 0.3) is 0 Å². The van der Waals surface area contributed by atoms with Gasteiger partial charge < -0.3 is 9.15 Å². The van der Waals surface area contributed by atoms with Crippen LogP contribution in [0.4, 0.5) is 15.2 Å². The van der Waals surface area contributed by atoms with E-state index in [1.165, 1.54) is 41.4 Å². The number of carbonyl (C=O) groups is 1. The summed E-state index contributed by atoms with van der Waals surface area (Å²) in [5, 5.41) is 3.00. The van der Waals surface area contributed by atoms with Crippen LogP contribution in [0.2, 0.25) is 0 Å². The summed E-state index contributed by atoms with van der Waals surface area (Å²) in [6, 6.07) is 13.0. The number of amides is 1. The van der Waals surface area contributed by atoms with E-state index in [2.05, 4.69) is 11.9 Å². The molecule has 6 nitrogen and oxygen atoms in total. The number of halogens is 1. The molecule has 8 heteroatoms. The van der Waals surface area contributed by atoms with Crippen molar-refractivity contribution in [2.75, 3.05) is 4.90 Å². The third-order valence-corrected chi connectivity index (χ3v) is 5.72. The molecular formula is C24H21FN2O4S. The number of thiazole rings is 1. The SMILES string of the molecule is CCCc1cc(=O)oc2cc(OCc3csc(N(C(C)=O)c4ccccc4F)n3)ccc12. The number of ether oxygens (including phenoxy) is 1. The maximum Gasteiger partial charge on any atom is 0.336 e. The monoisotopic (exact) mass is 452 g/mol. The minimum absolute atomic E-state index is 0.143. The lowest BCUT2D eigenvalue weighted by molar-refractivity contribution is -0.115. The van der Waals surface area contributed by atoms with Crippen molar-refractivity contribution in [3.63, 3.8) is 0 Å². The minimum Gasteiger partial charge on any atom is -0.487 e. The fourth-order valence-electron chi connectivity index (χ4n) is 3.44. The number of fused-ring (bicyclic) bond motifs is 1. The first kappa shape index (κ1) is 21.7. The molecule has 32 heavy (non-hydrogen) atoms. The highest BCUT2D eigenvalue weighted by Gasteiger charge is 2.21. The predicted molar refractivity (Wildman–Crippen MR) is 122 cm³/mol. The number of nitrogens with zero attached hydrogens (tertiary/aromatic N) is 2. The van der Waals surface area contributed by atoms with Gasteiger partial charge in [-0.15, -0.1) is 11.3 Å². The average molecular weight is 453 g/mol. The van der Waals surface area contributed by atoms with Crippen molar-refractivity contribution in [1.29, 1.82) is 0 Å². The molecule has 0 unspecified atom stereocenters. The van der Waals surface area contributed by atoms with Gasteiger partial charge in [0.2, 0.25) is 5.91 Å². The molecule has 0 fully saturated rings. The van der Waals surface area contributed by atoms with E-state index in [0.717, 1.165) is 23.8 Å². The van der Waals surface area contributed by atoms with E-state index in [-0.39, 0.29) is 23.8 Å². The number of anilines is 2. The molecule has 0 saturated carbocycles. The second-order valence-corrected chi connectivity index (χ2v) is 8.05. The van der Waals surface area contributed by atoms with Crippen molar-refractivity contribution < 1.29 is 18.3 Å². The van der Waals surface area contributed by atoms with E-state index in [4.69, 9.17) is 9.15 Å². The summed E-state index contributed by atoms with van der Waals surface area (Å²) < 4.78 is 25.4. The fraction of sp³-hybridized carbons (Fsp3) is 0.208. The lowest BCUT2D eigenvalue weighted by Gasteiger charge is -2.18. The van der Waals surface area contributed by atoms with E-state index in [0.29, 0.717) is 22.2 Å². The van der Waals surface area contributed by atoms with Gasteiger partial charge in [-0.3, -0.25) is 9.69 Å². The maximum atomic E-state index is 14.2. The van der Waals surface area contributed by atoms with Crippen molar-refractivity contribution in [3.8, 4) is 5.75 Å². The molecule has 4 rings (SSSR count). The van der Waals surface area contributed by atoms with Gasteiger partial charge in [0.05, 0.1) is 11.4 Å². The largest absolute Gasteiger partial charge is 0.487 e. The Hall–Kier alpha value is -3.52. The Bertz CT molecular complexity index is 1330. The van der Waals surface area contributed by atoms with E-state index in [9.17, 15) is 14.0 Å². The Morgan fingerprint density at radius 2 is 2.03 bits per heavy atom. The number of benzene rings is 2. The third-order valence-electron chi connectivity index (χ3n) is 4.85. The van der Waals surface area contributed by atoms with Crippen LogP contribution in [-0.2, 0) is 17.8 Å².